The van der Waals surface area contributed by atoms with Gasteiger partial charge >= 0.3 is 0 Å². The molecule has 1 aliphatic rings. The number of nitrogens with two attached hydrogens (primary N) is 1. The highest BCUT2D eigenvalue weighted by Crippen LogP contribution is 2.23. The van der Waals surface area contributed by atoms with Gasteiger partial charge in [0.15, 0.2) is 0 Å². The van der Waals surface area contributed by atoms with Crippen LogP contribution >= 0.6 is 0 Å². The highest BCUT2D eigenvalue weighted by atomic mass is 16.5. The highest BCUT2D eigenvalue weighted by molar-refractivity contribution is 5.84. The van der Waals surface area contributed by atoms with Crippen LogP contribution in [0.15, 0.2) is 0 Å². The van der Waals surface area contributed by atoms with Gasteiger partial charge < -0.3 is 15.2 Å². The molecule has 1 saturated carbocycles. The molecule has 0 radical (unpaired) electrons. The first-order chi connectivity index (χ1) is 9.42. The van der Waals surface area contributed by atoms with Crippen molar-refractivity contribution in [3.8, 4) is 0 Å². The Labute approximate surface area is 122 Å². The van der Waals surface area contributed by atoms with E-state index in [4.69, 9.17) is 15.2 Å². The van der Waals surface area contributed by atoms with Crippen molar-refractivity contribution < 1.29 is 14.3 Å². The number of carbonyl (C=O) groups is 1. The number of ether oxygens (including phenoxy) is 2. The zero-order valence-corrected chi connectivity index (χ0v) is 13.1. The molecule has 20 heavy (non-hydrogen) atoms. The zero-order chi connectivity index (χ0) is 15.2. The van der Waals surface area contributed by atoms with Crippen LogP contribution < -0.4 is 11.1 Å². The number of hydrogen-bond acceptors (Lipinski definition) is 5. The molecular weight excluding hydrogens is 258 g/mol. The maximum absolute atomic E-state index is 11.8. The van der Waals surface area contributed by atoms with Gasteiger partial charge in [-0.2, -0.15) is 0 Å². The first kappa shape index (κ1) is 17.4. The summed E-state index contributed by atoms with van der Waals surface area (Å²) in [6.07, 6.45) is 2.24. The summed E-state index contributed by atoms with van der Waals surface area (Å²) < 4.78 is 10.4. The van der Waals surface area contributed by atoms with E-state index in [1.54, 1.807) is 14.2 Å². The molecule has 0 aromatic rings. The van der Waals surface area contributed by atoms with Gasteiger partial charge in [0.05, 0.1) is 13.2 Å². The number of primary amides is 1. The molecular formula is C14H29N3O3. The van der Waals surface area contributed by atoms with Crippen molar-refractivity contribution in [1.82, 2.24) is 10.2 Å². The second kappa shape index (κ2) is 7.93. The fraction of sp³-hybridized carbons (Fsp3) is 0.929. The van der Waals surface area contributed by atoms with Crippen molar-refractivity contribution in [3.05, 3.63) is 0 Å². The average Bonchev–Trinajstić information content (AvgIpc) is 3.18. The van der Waals surface area contributed by atoms with Gasteiger partial charge in [-0.15, -0.1) is 0 Å². The summed E-state index contributed by atoms with van der Waals surface area (Å²) in [6.45, 7) is 6.50. The van der Waals surface area contributed by atoms with Crippen molar-refractivity contribution in [2.75, 3.05) is 40.5 Å². The molecule has 118 valence electrons. The molecule has 6 nitrogen and oxygen atoms in total. The molecule has 0 spiro atoms. The molecule has 1 aliphatic carbocycles. The first-order valence-electron chi connectivity index (χ1n) is 7.22. The molecule has 6 heteroatoms. The van der Waals surface area contributed by atoms with E-state index in [2.05, 4.69) is 17.1 Å². The topological polar surface area (TPSA) is 76.8 Å². The van der Waals surface area contributed by atoms with Gasteiger partial charge in [-0.3, -0.25) is 15.0 Å². The van der Waals surface area contributed by atoms with Crippen LogP contribution in [-0.4, -0.2) is 69.0 Å². The Hall–Kier alpha value is -0.690. The van der Waals surface area contributed by atoms with Crippen LogP contribution in [-0.2, 0) is 14.3 Å². The van der Waals surface area contributed by atoms with Gasteiger partial charge in [-0.1, -0.05) is 0 Å². The lowest BCUT2D eigenvalue weighted by Crippen LogP contribution is -2.61. The fourth-order valence-electron chi connectivity index (χ4n) is 2.29. The van der Waals surface area contributed by atoms with Crippen LogP contribution in [0.1, 0.15) is 26.7 Å². The Morgan fingerprint density at radius 3 is 2.55 bits per heavy atom. The van der Waals surface area contributed by atoms with E-state index >= 15 is 0 Å². The summed E-state index contributed by atoms with van der Waals surface area (Å²) in [7, 11) is 3.36. The quantitative estimate of drug-likeness (QED) is 0.558. The molecule has 0 aromatic heterocycles. The normalized spacial score (nSPS) is 19.9. The second-order valence-corrected chi connectivity index (χ2v) is 5.88. The van der Waals surface area contributed by atoms with Crippen molar-refractivity contribution in [3.63, 3.8) is 0 Å². The lowest BCUT2D eigenvalue weighted by Gasteiger charge is -2.37. The summed E-state index contributed by atoms with van der Waals surface area (Å²) in [5, 5.41) is 3.37. The minimum absolute atomic E-state index is 0.204. The third kappa shape index (κ3) is 5.36. The van der Waals surface area contributed by atoms with Crippen molar-refractivity contribution in [2.45, 2.75) is 44.3 Å². The molecule has 0 bridgehead atoms. The average molecular weight is 287 g/mol. The Kier molecular flexibility index (Phi) is 6.88. The summed E-state index contributed by atoms with van der Waals surface area (Å²) in [6, 6.07) is 0.629. The van der Waals surface area contributed by atoms with Gasteiger partial charge in [-0.25, -0.2) is 0 Å². The summed E-state index contributed by atoms with van der Waals surface area (Å²) in [4.78, 5) is 14.0. The van der Waals surface area contributed by atoms with E-state index in [-0.39, 0.29) is 11.9 Å². The van der Waals surface area contributed by atoms with E-state index < -0.39 is 5.54 Å². The minimum Gasteiger partial charge on any atom is -0.383 e. The maximum Gasteiger partial charge on any atom is 0.238 e. The van der Waals surface area contributed by atoms with Gasteiger partial charge in [0, 0.05) is 39.4 Å². The van der Waals surface area contributed by atoms with Crippen LogP contribution in [0.4, 0.5) is 0 Å². The molecule has 1 rings (SSSR count). The Bertz CT molecular complexity index is 310. The number of nitrogens with zero attached hydrogens (tertiary/aromatic N) is 1. The molecule has 0 aliphatic heterocycles. The summed E-state index contributed by atoms with van der Waals surface area (Å²) in [5.74, 6) is -0.309. The summed E-state index contributed by atoms with van der Waals surface area (Å²) in [5.41, 5.74) is 4.90. The molecule has 0 heterocycles. The van der Waals surface area contributed by atoms with Crippen LogP contribution in [0.5, 0.6) is 0 Å². The molecule has 1 amide bonds. The smallest absolute Gasteiger partial charge is 0.238 e. The molecule has 2 atom stereocenters. The number of amides is 1. The number of hydrogen-bond donors (Lipinski definition) is 2. The van der Waals surface area contributed by atoms with Crippen LogP contribution in [0.2, 0.25) is 0 Å². The highest BCUT2D eigenvalue weighted by Gasteiger charge is 2.39. The lowest BCUT2D eigenvalue weighted by molar-refractivity contribution is -0.125. The fourth-order valence-corrected chi connectivity index (χ4v) is 2.29. The molecule has 1 fully saturated rings. The van der Waals surface area contributed by atoms with Gasteiger partial charge in [-0.05, 0) is 26.7 Å². The molecule has 2 unspecified atom stereocenters. The van der Waals surface area contributed by atoms with Gasteiger partial charge in [0.2, 0.25) is 5.91 Å². The zero-order valence-electron chi connectivity index (χ0n) is 13.1. The SMILES string of the molecule is COCCN(CC(C)(NC1CC1)C(N)=O)C(C)COC. The van der Waals surface area contributed by atoms with Crippen molar-refractivity contribution >= 4 is 5.91 Å². The van der Waals surface area contributed by atoms with Crippen molar-refractivity contribution in [2.24, 2.45) is 5.73 Å². The van der Waals surface area contributed by atoms with Gasteiger partial charge in [0.1, 0.15) is 5.54 Å². The minimum atomic E-state index is -0.711. The Morgan fingerprint density at radius 1 is 1.45 bits per heavy atom. The van der Waals surface area contributed by atoms with Crippen LogP contribution in [0, 0.1) is 0 Å². The van der Waals surface area contributed by atoms with E-state index in [1.807, 2.05) is 6.92 Å². The number of rotatable bonds is 11. The molecule has 3 N–H and O–H groups in total. The van der Waals surface area contributed by atoms with Gasteiger partial charge in [0.25, 0.3) is 0 Å². The number of nitrogens with one attached hydrogen (secondary N) is 1. The predicted molar refractivity (Wildman–Crippen MR) is 78.5 cm³/mol. The monoisotopic (exact) mass is 287 g/mol. The Morgan fingerprint density at radius 2 is 2.10 bits per heavy atom. The third-order valence-corrected chi connectivity index (χ3v) is 3.78. The maximum atomic E-state index is 11.8. The van der Waals surface area contributed by atoms with E-state index in [9.17, 15) is 4.79 Å². The number of methoxy groups -OCH3 is 2. The van der Waals surface area contributed by atoms with E-state index in [0.717, 1.165) is 19.4 Å². The van der Waals surface area contributed by atoms with Crippen molar-refractivity contribution in [1.29, 1.82) is 0 Å². The first-order valence-corrected chi connectivity index (χ1v) is 7.22. The van der Waals surface area contributed by atoms with E-state index in [1.165, 1.54) is 0 Å². The third-order valence-electron chi connectivity index (χ3n) is 3.78. The Balaban J connectivity index is 2.68. The summed E-state index contributed by atoms with van der Waals surface area (Å²) >= 11 is 0. The van der Waals surface area contributed by atoms with Crippen LogP contribution in [0.25, 0.3) is 0 Å². The largest absolute Gasteiger partial charge is 0.383 e. The standard InChI is InChI=1S/C14H29N3O3/c1-11(9-20-4)17(7-8-19-3)10-14(2,13(15)18)16-12-5-6-12/h11-12,16H,5-10H2,1-4H3,(H2,15,18). The molecule has 0 saturated heterocycles. The molecule has 0 aromatic carbocycles. The predicted octanol–water partition coefficient (Wildman–Crippen LogP) is -0.0343. The second-order valence-electron chi connectivity index (χ2n) is 5.88. The van der Waals surface area contributed by atoms with Crippen LogP contribution in [0.3, 0.4) is 0 Å². The van der Waals surface area contributed by atoms with E-state index in [0.29, 0.717) is 25.8 Å². The lowest BCUT2D eigenvalue weighted by atomic mass is 9.99. The number of carbonyl (C=O) groups excluding carboxylic acids is 1.